The van der Waals surface area contributed by atoms with E-state index in [4.69, 9.17) is 10.2 Å². The van der Waals surface area contributed by atoms with Crippen LogP contribution >= 0.6 is 0 Å². The minimum Gasteiger partial charge on any atom is -0.368 e. The number of rotatable bonds is 4. The highest BCUT2D eigenvalue weighted by Gasteiger charge is 2.05. The molecule has 0 saturated heterocycles. The highest BCUT2D eigenvalue weighted by Crippen LogP contribution is 2.22. The van der Waals surface area contributed by atoms with Crippen LogP contribution in [0.4, 0.5) is 11.4 Å². The SMILES string of the molecule is OC(O)Cc1ccccc1N=Nc1ccccc1. The van der Waals surface area contributed by atoms with Crippen LogP contribution in [0.5, 0.6) is 0 Å². The monoisotopic (exact) mass is 242 g/mol. The molecule has 0 aliphatic carbocycles. The van der Waals surface area contributed by atoms with Gasteiger partial charge in [0.05, 0.1) is 11.4 Å². The molecule has 0 aromatic heterocycles. The molecule has 0 fully saturated rings. The molecule has 2 N–H and O–H groups in total. The van der Waals surface area contributed by atoms with Gasteiger partial charge < -0.3 is 10.2 Å². The van der Waals surface area contributed by atoms with Crippen molar-refractivity contribution < 1.29 is 10.2 Å². The van der Waals surface area contributed by atoms with Gasteiger partial charge in [0.2, 0.25) is 0 Å². The molecule has 0 bridgehead atoms. The Morgan fingerprint density at radius 2 is 1.50 bits per heavy atom. The Morgan fingerprint density at radius 3 is 2.22 bits per heavy atom. The van der Waals surface area contributed by atoms with Gasteiger partial charge in [0.15, 0.2) is 6.29 Å². The summed E-state index contributed by atoms with van der Waals surface area (Å²) in [6.45, 7) is 0. The van der Waals surface area contributed by atoms with Crippen molar-refractivity contribution in [3.8, 4) is 0 Å². The van der Waals surface area contributed by atoms with Crippen LogP contribution in [-0.2, 0) is 6.42 Å². The smallest absolute Gasteiger partial charge is 0.155 e. The number of benzene rings is 2. The number of aliphatic hydroxyl groups is 2. The minimum absolute atomic E-state index is 0.143. The molecule has 0 aliphatic rings. The maximum atomic E-state index is 9.00. The third-order valence-electron chi connectivity index (χ3n) is 2.42. The molecule has 0 spiro atoms. The summed E-state index contributed by atoms with van der Waals surface area (Å²) in [6.07, 6.45) is -1.23. The molecule has 2 aromatic rings. The fourth-order valence-electron chi connectivity index (χ4n) is 1.58. The molecule has 0 radical (unpaired) electrons. The molecule has 0 amide bonds. The molecule has 4 heteroatoms. The molecule has 4 nitrogen and oxygen atoms in total. The van der Waals surface area contributed by atoms with E-state index >= 15 is 0 Å². The fourth-order valence-corrected chi connectivity index (χ4v) is 1.58. The number of nitrogens with zero attached hydrogens (tertiary/aromatic N) is 2. The van der Waals surface area contributed by atoms with Gasteiger partial charge in [0, 0.05) is 6.42 Å². The molecule has 2 rings (SSSR count). The van der Waals surface area contributed by atoms with E-state index in [-0.39, 0.29) is 6.42 Å². The minimum atomic E-state index is -1.38. The molecule has 0 atom stereocenters. The zero-order valence-electron chi connectivity index (χ0n) is 9.77. The van der Waals surface area contributed by atoms with E-state index in [1.807, 2.05) is 42.5 Å². The summed E-state index contributed by atoms with van der Waals surface area (Å²) in [4.78, 5) is 0. The van der Waals surface area contributed by atoms with Crippen molar-refractivity contribution in [2.75, 3.05) is 0 Å². The van der Waals surface area contributed by atoms with Gasteiger partial charge >= 0.3 is 0 Å². The van der Waals surface area contributed by atoms with Gasteiger partial charge in [0.25, 0.3) is 0 Å². The van der Waals surface area contributed by atoms with E-state index < -0.39 is 6.29 Å². The summed E-state index contributed by atoms with van der Waals surface area (Å²) in [5.74, 6) is 0. The maximum absolute atomic E-state index is 9.00. The lowest BCUT2D eigenvalue weighted by molar-refractivity contribution is -0.0380. The predicted molar refractivity (Wildman–Crippen MR) is 69.0 cm³/mol. The second kappa shape index (κ2) is 6.05. The molecule has 0 saturated carbocycles. The average Bonchev–Trinajstić information content (AvgIpc) is 2.38. The van der Waals surface area contributed by atoms with Crippen LogP contribution < -0.4 is 0 Å². The van der Waals surface area contributed by atoms with Crippen molar-refractivity contribution in [3.63, 3.8) is 0 Å². The molecule has 92 valence electrons. The zero-order chi connectivity index (χ0) is 12.8. The molecular formula is C14H14N2O2. The summed E-state index contributed by atoms with van der Waals surface area (Å²) < 4.78 is 0. The summed E-state index contributed by atoms with van der Waals surface area (Å²) in [6, 6.07) is 16.7. The van der Waals surface area contributed by atoms with Crippen molar-refractivity contribution in [1.82, 2.24) is 0 Å². The van der Waals surface area contributed by atoms with Gasteiger partial charge in [-0.3, -0.25) is 0 Å². The van der Waals surface area contributed by atoms with Crippen LogP contribution in [0.3, 0.4) is 0 Å². The Labute approximate surface area is 105 Å². The average molecular weight is 242 g/mol. The normalized spacial score (nSPS) is 11.3. The van der Waals surface area contributed by atoms with E-state index in [2.05, 4.69) is 10.2 Å². The second-order valence-electron chi connectivity index (χ2n) is 3.85. The van der Waals surface area contributed by atoms with Gasteiger partial charge in [-0.1, -0.05) is 36.4 Å². The molecular weight excluding hydrogens is 228 g/mol. The Bertz CT molecular complexity index is 524. The predicted octanol–water partition coefficient (Wildman–Crippen LogP) is 2.96. The lowest BCUT2D eigenvalue weighted by Gasteiger charge is -2.05. The van der Waals surface area contributed by atoms with Crippen LogP contribution in [0.1, 0.15) is 5.56 Å². The van der Waals surface area contributed by atoms with Crippen LogP contribution in [-0.4, -0.2) is 16.5 Å². The topological polar surface area (TPSA) is 65.2 Å². The van der Waals surface area contributed by atoms with Crippen LogP contribution in [0.2, 0.25) is 0 Å². The van der Waals surface area contributed by atoms with Gasteiger partial charge in [-0.15, -0.1) is 0 Å². The Kier molecular flexibility index (Phi) is 4.17. The first kappa shape index (κ1) is 12.4. The third kappa shape index (κ3) is 3.48. The highest BCUT2D eigenvalue weighted by molar-refractivity contribution is 5.46. The van der Waals surface area contributed by atoms with Crippen molar-refractivity contribution in [1.29, 1.82) is 0 Å². The fraction of sp³-hybridized carbons (Fsp3) is 0.143. The molecule has 18 heavy (non-hydrogen) atoms. The standard InChI is InChI=1S/C14H14N2O2/c17-14(18)10-11-6-4-5-9-13(11)16-15-12-7-2-1-3-8-12/h1-9,14,17-18H,10H2. The van der Waals surface area contributed by atoms with Crippen LogP contribution in [0.25, 0.3) is 0 Å². The first-order valence-corrected chi connectivity index (χ1v) is 5.66. The summed E-state index contributed by atoms with van der Waals surface area (Å²) in [5, 5.41) is 26.2. The summed E-state index contributed by atoms with van der Waals surface area (Å²) >= 11 is 0. The van der Waals surface area contributed by atoms with E-state index in [1.165, 1.54) is 0 Å². The summed E-state index contributed by atoms with van der Waals surface area (Å²) in [7, 11) is 0. The first-order chi connectivity index (χ1) is 8.75. The first-order valence-electron chi connectivity index (χ1n) is 5.66. The third-order valence-corrected chi connectivity index (χ3v) is 2.42. The highest BCUT2D eigenvalue weighted by atomic mass is 16.5. The number of azo groups is 1. The zero-order valence-corrected chi connectivity index (χ0v) is 9.77. The van der Waals surface area contributed by atoms with Crippen LogP contribution in [0.15, 0.2) is 64.8 Å². The lowest BCUT2D eigenvalue weighted by Crippen LogP contribution is -2.08. The van der Waals surface area contributed by atoms with E-state index in [1.54, 1.807) is 12.1 Å². The molecule has 2 aromatic carbocycles. The van der Waals surface area contributed by atoms with E-state index in [9.17, 15) is 0 Å². The van der Waals surface area contributed by atoms with E-state index in [0.717, 1.165) is 11.3 Å². The second-order valence-corrected chi connectivity index (χ2v) is 3.85. The number of aliphatic hydroxyl groups excluding tert-OH is 1. The van der Waals surface area contributed by atoms with Crippen molar-refractivity contribution >= 4 is 11.4 Å². The lowest BCUT2D eigenvalue weighted by atomic mass is 10.1. The van der Waals surface area contributed by atoms with Crippen molar-refractivity contribution in [2.24, 2.45) is 10.2 Å². The quantitative estimate of drug-likeness (QED) is 0.639. The van der Waals surface area contributed by atoms with E-state index in [0.29, 0.717) is 5.69 Å². The van der Waals surface area contributed by atoms with Gasteiger partial charge in [0.1, 0.15) is 0 Å². The van der Waals surface area contributed by atoms with Gasteiger partial charge in [-0.2, -0.15) is 10.2 Å². The number of hydrogen-bond donors (Lipinski definition) is 2. The Hall–Kier alpha value is -2.04. The summed E-state index contributed by atoms with van der Waals surface area (Å²) in [5.41, 5.74) is 2.17. The Balaban J connectivity index is 2.21. The molecule has 0 heterocycles. The van der Waals surface area contributed by atoms with Crippen molar-refractivity contribution in [2.45, 2.75) is 12.7 Å². The number of hydrogen-bond acceptors (Lipinski definition) is 4. The molecule has 0 unspecified atom stereocenters. The van der Waals surface area contributed by atoms with Crippen molar-refractivity contribution in [3.05, 3.63) is 60.2 Å². The maximum Gasteiger partial charge on any atom is 0.155 e. The largest absolute Gasteiger partial charge is 0.368 e. The van der Waals surface area contributed by atoms with Crippen LogP contribution in [0, 0.1) is 0 Å². The molecule has 0 aliphatic heterocycles. The van der Waals surface area contributed by atoms with Gasteiger partial charge in [-0.25, -0.2) is 0 Å². The van der Waals surface area contributed by atoms with Gasteiger partial charge in [-0.05, 0) is 23.8 Å². The Morgan fingerprint density at radius 1 is 0.833 bits per heavy atom.